The van der Waals surface area contributed by atoms with Crippen LogP contribution < -0.4 is 29.7 Å². The van der Waals surface area contributed by atoms with Crippen LogP contribution in [0.1, 0.15) is 29.8 Å². The Morgan fingerprint density at radius 2 is 1.63 bits per heavy atom. The van der Waals surface area contributed by atoms with E-state index in [1.54, 1.807) is 37.3 Å². The average molecular weight is 488 g/mol. The second-order valence-corrected chi connectivity index (χ2v) is 6.78. The van der Waals surface area contributed by atoms with Crippen LogP contribution in [0.25, 0.3) is 0 Å². The minimum Gasteiger partial charge on any atom is -0.493 e. The van der Waals surface area contributed by atoms with Crippen molar-refractivity contribution in [1.82, 2.24) is 10.7 Å². The van der Waals surface area contributed by atoms with Crippen LogP contribution in [-0.2, 0) is 14.3 Å². The third kappa shape index (κ3) is 8.54. The van der Waals surface area contributed by atoms with Gasteiger partial charge in [0.2, 0.25) is 0 Å². The third-order valence-corrected chi connectivity index (χ3v) is 4.38. The molecule has 2 aromatic rings. The van der Waals surface area contributed by atoms with Crippen LogP contribution in [0, 0.1) is 0 Å². The molecule has 0 saturated carbocycles. The van der Waals surface area contributed by atoms with Crippen molar-refractivity contribution in [2.75, 3.05) is 40.6 Å². The standard InChI is InChI=1S/C24H29N3O8/c1-5-33-21-11-16(7-9-19(21)35-15-23(29)34-6-2)13-26-27-22(28)14-25-24(30)17-8-10-18(31-3)20(12-17)32-4/h7-13H,5-6,14-15H2,1-4H3,(H,25,30)(H,27,28)/b26-13-. The molecular weight excluding hydrogens is 458 g/mol. The Bertz CT molecular complexity index is 1060. The number of methoxy groups -OCH3 is 2. The SMILES string of the molecule is CCOC(=O)COc1ccc(/C=N\NC(=O)CNC(=O)c2ccc(OC)c(OC)c2)cc1OCC. The van der Waals surface area contributed by atoms with E-state index in [4.69, 9.17) is 23.7 Å². The molecule has 2 N–H and O–H groups in total. The number of ether oxygens (including phenoxy) is 5. The minimum absolute atomic E-state index is 0.244. The number of carbonyl (C=O) groups excluding carboxylic acids is 3. The van der Waals surface area contributed by atoms with Gasteiger partial charge in [0.05, 0.1) is 40.2 Å². The highest BCUT2D eigenvalue weighted by atomic mass is 16.6. The Morgan fingerprint density at radius 1 is 0.886 bits per heavy atom. The average Bonchev–Trinajstić information content (AvgIpc) is 2.86. The lowest BCUT2D eigenvalue weighted by atomic mass is 10.2. The van der Waals surface area contributed by atoms with Gasteiger partial charge < -0.3 is 29.0 Å². The van der Waals surface area contributed by atoms with Gasteiger partial charge >= 0.3 is 5.97 Å². The summed E-state index contributed by atoms with van der Waals surface area (Å²) in [6.45, 7) is 3.64. The van der Waals surface area contributed by atoms with Crippen LogP contribution in [0.5, 0.6) is 23.0 Å². The summed E-state index contributed by atoms with van der Waals surface area (Å²) >= 11 is 0. The number of amides is 2. The molecule has 2 rings (SSSR count). The number of nitrogens with zero attached hydrogens (tertiary/aromatic N) is 1. The van der Waals surface area contributed by atoms with E-state index in [0.717, 1.165) is 0 Å². The van der Waals surface area contributed by atoms with Crippen molar-refractivity contribution in [3.05, 3.63) is 47.5 Å². The smallest absolute Gasteiger partial charge is 0.344 e. The van der Waals surface area contributed by atoms with E-state index in [-0.39, 0.29) is 19.8 Å². The first-order chi connectivity index (χ1) is 16.9. The summed E-state index contributed by atoms with van der Waals surface area (Å²) in [4.78, 5) is 35.8. The van der Waals surface area contributed by atoms with E-state index in [2.05, 4.69) is 15.8 Å². The van der Waals surface area contributed by atoms with E-state index in [0.29, 0.717) is 40.7 Å². The van der Waals surface area contributed by atoms with Gasteiger partial charge in [-0.3, -0.25) is 9.59 Å². The van der Waals surface area contributed by atoms with Gasteiger partial charge in [0, 0.05) is 5.56 Å². The molecule has 0 saturated heterocycles. The Balaban J connectivity index is 1.90. The van der Waals surface area contributed by atoms with Gasteiger partial charge in [0.1, 0.15) is 0 Å². The predicted molar refractivity (Wildman–Crippen MR) is 127 cm³/mol. The lowest BCUT2D eigenvalue weighted by Gasteiger charge is -2.12. The summed E-state index contributed by atoms with van der Waals surface area (Å²) in [5.41, 5.74) is 3.27. The van der Waals surface area contributed by atoms with Crippen LogP contribution in [0.15, 0.2) is 41.5 Å². The van der Waals surface area contributed by atoms with Gasteiger partial charge in [-0.25, -0.2) is 10.2 Å². The third-order valence-electron chi connectivity index (χ3n) is 4.38. The molecular formula is C24H29N3O8. The zero-order valence-electron chi connectivity index (χ0n) is 20.1. The van der Waals surface area contributed by atoms with Crippen molar-refractivity contribution < 1.29 is 38.1 Å². The maximum atomic E-state index is 12.3. The molecule has 11 nitrogen and oxygen atoms in total. The fraction of sp³-hybridized carbons (Fsp3) is 0.333. The van der Waals surface area contributed by atoms with Crippen molar-refractivity contribution in [1.29, 1.82) is 0 Å². The van der Waals surface area contributed by atoms with Crippen LogP contribution in [0.4, 0.5) is 0 Å². The van der Waals surface area contributed by atoms with E-state index in [1.807, 2.05) is 6.92 Å². The zero-order valence-corrected chi connectivity index (χ0v) is 20.1. The van der Waals surface area contributed by atoms with E-state index in [1.165, 1.54) is 26.5 Å². The van der Waals surface area contributed by atoms with Crippen molar-refractivity contribution in [2.45, 2.75) is 13.8 Å². The second-order valence-electron chi connectivity index (χ2n) is 6.78. The maximum absolute atomic E-state index is 12.3. The molecule has 0 aliphatic carbocycles. The first kappa shape index (κ1) is 27.0. The molecule has 188 valence electrons. The topological polar surface area (TPSA) is 134 Å². The molecule has 35 heavy (non-hydrogen) atoms. The van der Waals surface area contributed by atoms with Gasteiger partial charge in [-0.1, -0.05) is 0 Å². The Kier molecular flexibility index (Phi) is 10.9. The van der Waals surface area contributed by atoms with Crippen molar-refractivity contribution in [2.24, 2.45) is 5.10 Å². The molecule has 0 spiro atoms. The molecule has 0 aliphatic rings. The highest BCUT2D eigenvalue weighted by Gasteiger charge is 2.12. The molecule has 2 aromatic carbocycles. The van der Waals surface area contributed by atoms with Crippen LogP contribution in [0.3, 0.4) is 0 Å². The molecule has 0 atom stereocenters. The summed E-state index contributed by atoms with van der Waals surface area (Å²) in [5, 5.41) is 6.39. The first-order valence-corrected chi connectivity index (χ1v) is 10.8. The second kappa shape index (κ2) is 14.1. The van der Waals surface area contributed by atoms with Gasteiger partial charge in [0.25, 0.3) is 11.8 Å². The summed E-state index contributed by atoms with van der Waals surface area (Å²) in [6, 6.07) is 9.62. The number of esters is 1. The van der Waals surface area contributed by atoms with Crippen molar-refractivity contribution in [3.8, 4) is 23.0 Å². The molecule has 0 heterocycles. The fourth-order valence-corrected chi connectivity index (χ4v) is 2.79. The molecule has 0 unspecified atom stereocenters. The molecule has 0 aromatic heterocycles. The zero-order chi connectivity index (χ0) is 25.6. The molecule has 0 aliphatic heterocycles. The summed E-state index contributed by atoms with van der Waals surface area (Å²) in [5.74, 6) is 0.217. The Hall–Kier alpha value is -4.28. The van der Waals surface area contributed by atoms with Crippen molar-refractivity contribution in [3.63, 3.8) is 0 Å². The van der Waals surface area contributed by atoms with E-state index in [9.17, 15) is 14.4 Å². The summed E-state index contributed by atoms with van der Waals surface area (Å²) in [6.07, 6.45) is 1.41. The maximum Gasteiger partial charge on any atom is 0.344 e. The number of carbonyl (C=O) groups is 3. The van der Waals surface area contributed by atoms with Crippen LogP contribution >= 0.6 is 0 Å². The first-order valence-electron chi connectivity index (χ1n) is 10.8. The fourth-order valence-electron chi connectivity index (χ4n) is 2.79. The number of hydrogen-bond donors (Lipinski definition) is 2. The normalized spacial score (nSPS) is 10.4. The largest absolute Gasteiger partial charge is 0.493 e. The highest BCUT2D eigenvalue weighted by molar-refractivity contribution is 5.97. The lowest BCUT2D eigenvalue weighted by molar-refractivity contribution is -0.145. The van der Waals surface area contributed by atoms with E-state index < -0.39 is 17.8 Å². The monoisotopic (exact) mass is 487 g/mol. The predicted octanol–water partition coefficient (Wildman–Crippen LogP) is 1.92. The molecule has 0 bridgehead atoms. The highest BCUT2D eigenvalue weighted by Crippen LogP contribution is 2.28. The van der Waals surface area contributed by atoms with Gasteiger partial charge in [-0.2, -0.15) is 5.10 Å². The van der Waals surface area contributed by atoms with Crippen molar-refractivity contribution >= 4 is 24.0 Å². The summed E-state index contributed by atoms with van der Waals surface area (Å²) in [7, 11) is 2.96. The number of hydrogen-bond acceptors (Lipinski definition) is 9. The number of benzene rings is 2. The number of rotatable bonds is 13. The van der Waals surface area contributed by atoms with Gasteiger partial charge in [-0.15, -0.1) is 0 Å². The van der Waals surface area contributed by atoms with Crippen LogP contribution in [0.2, 0.25) is 0 Å². The van der Waals surface area contributed by atoms with Gasteiger partial charge in [0.15, 0.2) is 29.6 Å². The Morgan fingerprint density at radius 3 is 2.31 bits per heavy atom. The number of hydrazone groups is 1. The molecule has 11 heteroatoms. The lowest BCUT2D eigenvalue weighted by Crippen LogP contribution is -2.34. The quantitative estimate of drug-likeness (QED) is 0.249. The molecule has 0 fully saturated rings. The minimum atomic E-state index is -0.519. The number of nitrogens with one attached hydrogen (secondary N) is 2. The Labute approximate surface area is 203 Å². The van der Waals surface area contributed by atoms with Gasteiger partial charge in [-0.05, 0) is 55.8 Å². The van der Waals surface area contributed by atoms with E-state index >= 15 is 0 Å². The summed E-state index contributed by atoms with van der Waals surface area (Å²) < 4.78 is 26.1. The molecule has 2 amide bonds. The van der Waals surface area contributed by atoms with Crippen LogP contribution in [-0.4, -0.2) is 64.6 Å². The molecule has 0 radical (unpaired) electrons.